The van der Waals surface area contributed by atoms with Gasteiger partial charge in [-0.05, 0) is 76.3 Å². The van der Waals surface area contributed by atoms with Gasteiger partial charge in [-0.3, -0.25) is 0 Å². The lowest BCUT2D eigenvalue weighted by atomic mass is 9.93. The molecule has 3 aromatic heterocycles. The van der Waals surface area contributed by atoms with Gasteiger partial charge in [0.15, 0.2) is 5.58 Å². The van der Waals surface area contributed by atoms with Crippen LogP contribution in [0.2, 0.25) is 0 Å². The van der Waals surface area contributed by atoms with Crippen LogP contribution in [0.4, 0.5) is 0 Å². The van der Waals surface area contributed by atoms with Gasteiger partial charge in [-0.25, -0.2) is 0 Å². The van der Waals surface area contributed by atoms with Crippen LogP contribution in [0.3, 0.4) is 0 Å². The molecule has 0 saturated heterocycles. The molecule has 0 spiro atoms. The molecule has 0 amide bonds. The maximum Gasteiger partial charge on any atom is 0.159 e. The van der Waals surface area contributed by atoms with E-state index < -0.39 is 0 Å². The minimum absolute atomic E-state index is 0.885. The number of para-hydroxylation sites is 2. The van der Waals surface area contributed by atoms with E-state index in [-0.39, 0.29) is 0 Å². The third kappa shape index (κ3) is 4.29. The van der Waals surface area contributed by atoms with Gasteiger partial charge in [0.25, 0.3) is 0 Å². The molecule has 8 aromatic carbocycles. The minimum Gasteiger partial charge on any atom is -0.453 e. The van der Waals surface area contributed by atoms with Crippen LogP contribution in [0.15, 0.2) is 180 Å². The van der Waals surface area contributed by atoms with E-state index >= 15 is 0 Å². The standard InChI is InChI=1S/C48H29NOS/c1-3-13-30(14-4-1)32-25-26-42-39(27-32)35-17-7-9-21-41(35)49(42)43-22-11-20-36-40-29-33(28-38(47(40)50-48(36)43)31-15-5-2-6-16-31)34-19-12-24-45-46(34)37-18-8-10-23-44(37)51-45/h1-29H. The lowest BCUT2D eigenvalue weighted by Crippen LogP contribution is -1.94. The Kier molecular flexibility index (Phi) is 6.16. The zero-order valence-corrected chi connectivity index (χ0v) is 28.3. The molecule has 0 aliphatic heterocycles. The summed E-state index contributed by atoms with van der Waals surface area (Å²) in [5, 5.41) is 7.29. The first-order valence-corrected chi connectivity index (χ1v) is 18.2. The molecule has 51 heavy (non-hydrogen) atoms. The highest BCUT2D eigenvalue weighted by Gasteiger charge is 2.21. The van der Waals surface area contributed by atoms with Crippen LogP contribution in [-0.2, 0) is 0 Å². The zero-order chi connectivity index (χ0) is 33.5. The Labute approximate surface area is 298 Å². The summed E-state index contributed by atoms with van der Waals surface area (Å²) in [6.07, 6.45) is 0. The summed E-state index contributed by atoms with van der Waals surface area (Å²) < 4.78 is 12.1. The van der Waals surface area contributed by atoms with Crippen molar-refractivity contribution in [3.63, 3.8) is 0 Å². The fourth-order valence-corrected chi connectivity index (χ4v) is 9.24. The van der Waals surface area contributed by atoms with Crippen molar-refractivity contribution in [3.05, 3.63) is 176 Å². The Morgan fingerprint density at radius 3 is 1.90 bits per heavy atom. The maximum absolute atomic E-state index is 7.10. The molecule has 3 heterocycles. The number of aromatic nitrogens is 1. The van der Waals surface area contributed by atoms with Gasteiger partial charge in [-0.1, -0.05) is 127 Å². The van der Waals surface area contributed by atoms with Gasteiger partial charge in [0.2, 0.25) is 0 Å². The normalized spacial score (nSPS) is 11.9. The predicted octanol–water partition coefficient (Wildman–Crippen LogP) is 14.1. The van der Waals surface area contributed by atoms with E-state index in [4.69, 9.17) is 4.42 Å². The fraction of sp³-hybridized carbons (Fsp3) is 0. The molecule has 0 unspecified atom stereocenters. The summed E-state index contributed by atoms with van der Waals surface area (Å²) in [5.74, 6) is 0. The van der Waals surface area contributed by atoms with Crippen LogP contribution in [0, 0.1) is 0 Å². The van der Waals surface area contributed by atoms with Crippen LogP contribution >= 0.6 is 11.3 Å². The van der Waals surface area contributed by atoms with E-state index in [1.807, 2.05) is 11.3 Å². The highest BCUT2D eigenvalue weighted by atomic mass is 32.1. The van der Waals surface area contributed by atoms with Crippen molar-refractivity contribution >= 4 is 75.3 Å². The van der Waals surface area contributed by atoms with Gasteiger partial charge < -0.3 is 8.98 Å². The quantitative estimate of drug-likeness (QED) is 0.183. The molecule has 0 N–H and O–H groups in total. The number of hydrogen-bond acceptors (Lipinski definition) is 2. The summed E-state index contributed by atoms with van der Waals surface area (Å²) in [5.41, 5.74) is 12.2. The molecule has 0 aliphatic carbocycles. The third-order valence-corrected chi connectivity index (χ3v) is 11.5. The van der Waals surface area contributed by atoms with Crippen molar-refractivity contribution in [2.75, 3.05) is 0 Å². The number of thiophene rings is 1. The molecule has 0 bridgehead atoms. The highest BCUT2D eigenvalue weighted by Crippen LogP contribution is 2.46. The molecule has 11 rings (SSSR count). The van der Waals surface area contributed by atoms with Crippen molar-refractivity contribution in [2.24, 2.45) is 0 Å². The molecule has 11 aromatic rings. The first kappa shape index (κ1) is 28.4. The van der Waals surface area contributed by atoms with Crippen molar-refractivity contribution in [2.45, 2.75) is 0 Å². The predicted molar refractivity (Wildman–Crippen MR) is 217 cm³/mol. The van der Waals surface area contributed by atoms with Crippen LogP contribution in [0.1, 0.15) is 0 Å². The summed E-state index contributed by atoms with van der Waals surface area (Å²) in [7, 11) is 0. The van der Waals surface area contributed by atoms with Crippen LogP contribution in [0.5, 0.6) is 0 Å². The van der Waals surface area contributed by atoms with E-state index in [0.717, 1.165) is 49.8 Å². The molecule has 2 nitrogen and oxygen atoms in total. The Hall–Kier alpha value is -6.42. The van der Waals surface area contributed by atoms with Gasteiger partial charge in [0.1, 0.15) is 5.58 Å². The number of rotatable bonds is 4. The monoisotopic (exact) mass is 667 g/mol. The van der Waals surface area contributed by atoms with Crippen LogP contribution in [-0.4, -0.2) is 4.57 Å². The van der Waals surface area contributed by atoms with Crippen molar-refractivity contribution in [1.82, 2.24) is 4.57 Å². The number of furan rings is 1. The number of hydrogen-bond donors (Lipinski definition) is 0. The lowest BCUT2D eigenvalue weighted by molar-refractivity contribution is 0.667. The molecule has 0 saturated carbocycles. The van der Waals surface area contributed by atoms with Gasteiger partial charge in [-0.2, -0.15) is 0 Å². The second-order valence-electron chi connectivity index (χ2n) is 13.2. The number of nitrogens with zero attached hydrogens (tertiary/aromatic N) is 1. The molecular formula is C48H29NOS. The second kappa shape index (κ2) is 11.0. The maximum atomic E-state index is 7.10. The van der Waals surface area contributed by atoms with Crippen LogP contribution < -0.4 is 0 Å². The molecule has 3 heteroatoms. The average Bonchev–Trinajstić information content (AvgIpc) is 3.88. The van der Waals surface area contributed by atoms with Crippen molar-refractivity contribution < 1.29 is 4.42 Å². The largest absolute Gasteiger partial charge is 0.453 e. The average molecular weight is 668 g/mol. The first-order chi connectivity index (χ1) is 25.3. The van der Waals surface area contributed by atoms with Crippen molar-refractivity contribution in [1.29, 1.82) is 0 Å². The fourth-order valence-electron chi connectivity index (χ4n) is 8.11. The van der Waals surface area contributed by atoms with Gasteiger partial charge in [0.05, 0.1) is 16.7 Å². The minimum atomic E-state index is 0.885. The van der Waals surface area contributed by atoms with E-state index in [0.29, 0.717) is 0 Å². The summed E-state index contributed by atoms with van der Waals surface area (Å²) in [6, 6.07) is 63.5. The number of benzene rings is 8. The van der Waals surface area contributed by atoms with Crippen LogP contribution in [0.25, 0.3) is 103 Å². The molecule has 0 radical (unpaired) electrons. The molecule has 0 fully saturated rings. The van der Waals surface area contributed by atoms with E-state index in [2.05, 4.69) is 180 Å². The highest BCUT2D eigenvalue weighted by molar-refractivity contribution is 7.25. The summed E-state index contributed by atoms with van der Waals surface area (Å²) >= 11 is 1.86. The Morgan fingerprint density at radius 1 is 0.373 bits per heavy atom. The third-order valence-electron chi connectivity index (χ3n) is 10.4. The topological polar surface area (TPSA) is 18.1 Å². The second-order valence-corrected chi connectivity index (χ2v) is 14.3. The van der Waals surface area contributed by atoms with Gasteiger partial charge in [-0.15, -0.1) is 11.3 Å². The molecule has 0 aliphatic rings. The molecule has 238 valence electrons. The Morgan fingerprint density at radius 2 is 1.04 bits per heavy atom. The summed E-state index contributed by atoms with van der Waals surface area (Å²) in [6.45, 7) is 0. The molecule has 0 atom stereocenters. The van der Waals surface area contributed by atoms with E-state index in [1.165, 1.54) is 53.2 Å². The van der Waals surface area contributed by atoms with Crippen molar-refractivity contribution in [3.8, 4) is 39.1 Å². The number of fused-ring (bicyclic) bond motifs is 9. The lowest BCUT2D eigenvalue weighted by Gasteiger charge is -2.10. The smallest absolute Gasteiger partial charge is 0.159 e. The Bertz CT molecular complexity index is 3130. The molecular weight excluding hydrogens is 639 g/mol. The van der Waals surface area contributed by atoms with E-state index in [9.17, 15) is 0 Å². The van der Waals surface area contributed by atoms with Gasteiger partial charge >= 0.3 is 0 Å². The van der Waals surface area contributed by atoms with E-state index in [1.54, 1.807) is 0 Å². The Balaban J connectivity index is 1.21. The summed E-state index contributed by atoms with van der Waals surface area (Å²) in [4.78, 5) is 0. The first-order valence-electron chi connectivity index (χ1n) is 17.3. The SMILES string of the molecule is c1ccc(-c2ccc3c(c2)c2ccccc2n3-c2cccc3c2oc2c(-c4ccccc4)cc(-c4cccc5sc6ccccc6c45)cc23)cc1. The zero-order valence-electron chi connectivity index (χ0n) is 27.5. The van der Waals surface area contributed by atoms with Gasteiger partial charge in [0, 0.05) is 47.3 Å².